The van der Waals surface area contributed by atoms with E-state index in [0.29, 0.717) is 17.2 Å². The lowest BCUT2D eigenvalue weighted by molar-refractivity contribution is 0.619. The summed E-state index contributed by atoms with van der Waals surface area (Å²) in [6.07, 6.45) is 4.85. The number of aryl methyl sites for hydroxylation is 1. The van der Waals surface area contributed by atoms with Crippen molar-refractivity contribution in [3.8, 4) is 5.95 Å². The van der Waals surface area contributed by atoms with Crippen molar-refractivity contribution in [3.05, 3.63) is 53.6 Å². The Kier molecular flexibility index (Phi) is 3.49. The van der Waals surface area contributed by atoms with Crippen LogP contribution in [0.15, 0.2) is 36.9 Å². The van der Waals surface area contributed by atoms with E-state index in [9.17, 15) is 4.39 Å². The maximum atomic E-state index is 13.3. The van der Waals surface area contributed by atoms with Gasteiger partial charge in [-0.25, -0.2) is 9.37 Å². The Morgan fingerprint density at radius 1 is 1.24 bits per heavy atom. The zero-order valence-electron chi connectivity index (χ0n) is 11.0. The van der Waals surface area contributed by atoms with E-state index < -0.39 is 0 Å². The highest BCUT2D eigenvalue weighted by atomic mass is 35.5. The molecule has 1 aromatic carbocycles. The van der Waals surface area contributed by atoms with E-state index >= 15 is 0 Å². The summed E-state index contributed by atoms with van der Waals surface area (Å²) in [6.45, 7) is 1.68. The zero-order chi connectivity index (χ0) is 14.8. The molecule has 2 aromatic heterocycles. The molecule has 8 heteroatoms. The molecule has 3 rings (SSSR count). The van der Waals surface area contributed by atoms with Gasteiger partial charge in [-0.15, -0.1) is 0 Å². The standard InChI is InChI=1S/C13H10ClFN6/c1-8-6-9(2-3-10(8)15)17-12-18-11(14)19-13(20-12)21-5-4-16-7-21/h2-7H,1H3,(H,17,18,19,20). The van der Waals surface area contributed by atoms with E-state index in [1.54, 1.807) is 42.3 Å². The van der Waals surface area contributed by atoms with Crippen LogP contribution in [0.1, 0.15) is 5.56 Å². The second kappa shape index (κ2) is 5.45. The van der Waals surface area contributed by atoms with Gasteiger partial charge in [0.2, 0.25) is 17.2 Å². The summed E-state index contributed by atoms with van der Waals surface area (Å²) in [6, 6.07) is 4.62. The van der Waals surface area contributed by atoms with Crippen molar-refractivity contribution < 1.29 is 4.39 Å². The second-order valence-electron chi connectivity index (χ2n) is 4.29. The Bertz CT molecular complexity index is 774. The van der Waals surface area contributed by atoms with Crippen LogP contribution >= 0.6 is 11.6 Å². The van der Waals surface area contributed by atoms with Crippen molar-refractivity contribution in [3.63, 3.8) is 0 Å². The summed E-state index contributed by atoms with van der Waals surface area (Å²) in [5.74, 6) is 0.340. The number of aromatic nitrogens is 5. The number of imidazole rings is 1. The van der Waals surface area contributed by atoms with Crippen LogP contribution in [-0.4, -0.2) is 24.5 Å². The van der Waals surface area contributed by atoms with Crippen molar-refractivity contribution in [1.29, 1.82) is 0 Å². The Labute approximate surface area is 124 Å². The number of halogens is 2. The van der Waals surface area contributed by atoms with Crippen molar-refractivity contribution in [2.75, 3.05) is 5.32 Å². The molecular weight excluding hydrogens is 295 g/mol. The summed E-state index contributed by atoms with van der Waals surface area (Å²) < 4.78 is 14.9. The van der Waals surface area contributed by atoms with E-state index in [-0.39, 0.29) is 17.0 Å². The molecule has 21 heavy (non-hydrogen) atoms. The molecule has 0 aliphatic carbocycles. The SMILES string of the molecule is Cc1cc(Nc2nc(Cl)nc(-n3ccnc3)n2)ccc1F. The Morgan fingerprint density at radius 3 is 2.81 bits per heavy atom. The molecule has 0 aliphatic rings. The van der Waals surface area contributed by atoms with Crippen LogP contribution in [0.2, 0.25) is 5.28 Å². The third-order valence-electron chi connectivity index (χ3n) is 2.75. The molecule has 0 atom stereocenters. The normalized spacial score (nSPS) is 10.6. The molecule has 0 saturated heterocycles. The summed E-state index contributed by atoms with van der Waals surface area (Å²) in [5.41, 5.74) is 1.18. The van der Waals surface area contributed by atoms with Crippen LogP contribution in [0.3, 0.4) is 0 Å². The third-order valence-corrected chi connectivity index (χ3v) is 2.91. The minimum absolute atomic E-state index is 0.0510. The third kappa shape index (κ3) is 2.97. The molecular formula is C13H10ClFN6. The number of anilines is 2. The summed E-state index contributed by atoms with van der Waals surface area (Å²) >= 11 is 5.89. The molecule has 0 fully saturated rings. The van der Waals surface area contributed by atoms with Crippen LogP contribution in [0, 0.1) is 12.7 Å². The first-order chi connectivity index (χ1) is 10.1. The minimum atomic E-state index is -0.270. The Hall–Kier alpha value is -2.54. The molecule has 106 valence electrons. The number of hydrogen-bond acceptors (Lipinski definition) is 5. The fraction of sp³-hybridized carbons (Fsp3) is 0.0769. The Morgan fingerprint density at radius 2 is 2.10 bits per heavy atom. The lowest BCUT2D eigenvalue weighted by Crippen LogP contribution is -2.05. The zero-order valence-corrected chi connectivity index (χ0v) is 11.7. The highest BCUT2D eigenvalue weighted by Crippen LogP contribution is 2.18. The van der Waals surface area contributed by atoms with E-state index in [4.69, 9.17) is 11.6 Å². The predicted octanol–water partition coefficient (Wildman–Crippen LogP) is 2.90. The van der Waals surface area contributed by atoms with Gasteiger partial charge in [0.15, 0.2) is 0 Å². The van der Waals surface area contributed by atoms with Gasteiger partial charge in [0, 0.05) is 18.1 Å². The van der Waals surface area contributed by atoms with Crippen LogP contribution in [0.5, 0.6) is 0 Å². The lowest BCUT2D eigenvalue weighted by Gasteiger charge is -2.08. The van der Waals surface area contributed by atoms with E-state index in [1.807, 2.05) is 0 Å². The molecule has 0 radical (unpaired) electrons. The van der Waals surface area contributed by atoms with E-state index in [0.717, 1.165) is 0 Å². The quantitative estimate of drug-likeness (QED) is 0.806. The minimum Gasteiger partial charge on any atom is -0.324 e. The van der Waals surface area contributed by atoms with Gasteiger partial charge >= 0.3 is 0 Å². The maximum absolute atomic E-state index is 13.3. The molecule has 3 aromatic rings. The maximum Gasteiger partial charge on any atom is 0.241 e. The first-order valence-corrected chi connectivity index (χ1v) is 6.43. The fourth-order valence-corrected chi connectivity index (χ4v) is 1.90. The number of rotatable bonds is 3. The van der Waals surface area contributed by atoms with E-state index in [2.05, 4.69) is 25.3 Å². The summed E-state index contributed by atoms with van der Waals surface area (Å²) in [5, 5.41) is 3.02. The first kappa shape index (κ1) is 13.4. The van der Waals surface area contributed by atoms with Gasteiger partial charge in [-0.3, -0.25) is 4.57 Å². The smallest absolute Gasteiger partial charge is 0.241 e. The van der Waals surface area contributed by atoms with Crippen LogP contribution < -0.4 is 5.32 Å². The van der Waals surface area contributed by atoms with Gasteiger partial charge < -0.3 is 5.32 Å². The van der Waals surface area contributed by atoms with E-state index in [1.165, 1.54) is 6.07 Å². The lowest BCUT2D eigenvalue weighted by atomic mass is 10.2. The van der Waals surface area contributed by atoms with Gasteiger partial charge in [-0.1, -0.05) is 0 Å². The largest absolute Gasteiger partial charge is 0.324 e. The average molecular weight is 305 g/mol. The number of nitrogens with one attached hydrogen (secondary N) is 1. The summed E-state index contributed by atoms with van der Waals surface area (Å²) in [4.78, 5) is 16.2. The molecule has 0 unspecified atom stereocenters. The van der Waals surface area contributed by atoms with Gasteiger partial charge in [0.25, 0.3) is 0 Å². The fourth-order valence-electron chi connectivity index (χ4n) is 1.74. The summed E-state index contributed by atoms with van der Waals surface area (Å²) in [7, 11) is 0. The van der Waals surface area contributed by atoms with Gasteiger partial charge in [0.1, 0.15) is 12.1 Å². The van der Waals surface area contributed by atoms with Gasteiger partial charge in [0.05, 0.1) is 0 Å². The number of benzene rings is 1. The molecule has 0 aliphatic heterocycles. The van der Waals surface area contributed by atoms with Gasteiger partial charge in [-0.2, -0.15) is 15.0 Å². The average Bonchev–Trinajstić information content (AvgIpc) is 2.96. The predicted molar refractivity (Wildman–Crippen MR) is 76.4 cm³/mol. The molecule has 0 spiro atoms. The van der Waals surface area contributed by atoms with Crippen molar-refractivity contribution in [1.82, 2.24) is 24.5 Å². The topological polar surface area (TPSA) is 68.5 Å². The molecule has 2 heterocycles. The van der Waals surface area contributed by atoms with Crippen LogP contribution in [0.25, 0.3) is 5.95 Å². The molecule has 0 amide bonds. The number of hydrogen-bond donors (Lipinski definition) is 1. The monoisotopic (exact) mass is 304 g/mol. The molecule has 0 bridgehead atoms. The second-order valence-corrected chi connectivity index (χ2v) is 4.63. The van der Waals surface area contributed by atoms with Crippen molar-refractivity contribution >= 4 is 23.2 Å². The van der Waals surface area contributed by atoms with Crippen LogP contribution in [-0.2, 0) is 0 Å². The molecule has 6 nitrogen and oxygen atoms in total. The molecule has 0 saturated carbocycles. The first-order valence-electron chi connectivity index (χ1n) is 6.05. The molecule has 1 N–H and O–H groups in total. The Balaban J connectivity index is 1.93. The highest BCUT2D eigenvalue weighted by molar-refractivity contribution is 6.28. The highest BCUT2D eigenvalue weighted by Gasteiger charge is 2.07. The van der Waals surface area contributed by atoms with Crippen molar-refractivity contribution in [2.45, 2.75) is 6.92 Å². The van der Waals surface area contributed by atoms with Crippen molar-refractivity contribution in [2.24, 2.45) is 0 Å². The van der Waals surface area contributed by atoms with Gasteiger partial charge in [-0.05, 0) is 42.3 Å². The number of nitrogens with zero attached hydrogens (tertiary/aromatic N) is 5. The van der Waals surface area contributed by atoms with Crippen LogP contribution in [0.4, 0.5) is 16.0 Å².